The number of hydrogen-bond acceptors (Lipinski definition) is 2. The standard InChI is InChI=1S/C22H34N2/c1-4-10-20(11-5-1)22(14-6-2-7-15-22)24-18-12-21(13-19-24)23-16-8-3-9-17-23/h1,4-5,10-11,21H,2-3,6-9,12-19H2. The van der Waals surface area contributed by atoms with Gasteiger partial charge in [-0.25, -0.2) is 0 Å². The second-order valence-electron chi connectivity index (χ2n) is 8.27. The van der Waals surface area contributed by atoms with Crippen LogP contribution in [0.1, 0.15) is 69.8 Å². The summed E-state index contributed by atoms with van der Waals surface area (Å²) in [5.74, 6) is 0. The molecule has 2 heterocycles. The summed E-state index contributed by atoms with van der Waals surface area (Å²) in [5, 5.41) is 0. The molecule has 0 aromatic heterocycles. The van der Waals surface area contributed by atoms with E-state index >= 15 is 0 Å². The van der Waals surface area contributed by atoms with Crippen molar-refractivity contribution < 1.29 is 0 Å². The van der Waals surface area contributed by atoms with E-state index < -0.39 is 0 Å². The number of piperidine rings is 2. The number of likely N-dealkylation sites (tertiary alicyclic amines) is 2. The van der Waals surface area contributed by atoms with Crippen LogP contribution in [0, 0.1) is 0 Å². The van der Waals surface area contributed by atoms with Crippen molar-refractivity contribution in [2.45, 2.75) is 75.8 Å². The van der Waals surface area contributed by atoms with E-state index in [2.05, 4.69) is 40.1 Å². The van der Waals surface area contributed by atoms with Crippen molar-refractivity contribution in [1.29, 1.82) is 0 Å². The first-order valence-electron chi connectivity index (χ1n) is 10.4. The maximum absolute atomic E-state index is 2.88. The van der Waals surface area contributed by atoms with Crippen LogP contribution in [0.5, 0.6) is 0 Å². The van der Waals surface area contributed by atoms with E-state index in [1.54, 1.807) is 5.56 Å². The summed E-state index contributed by atoms with van der Waals surface area (Å²) in [6.45, 7) is 5.31. The van der Waals surface area contributed by atoms with Crippen LogP contribution in [0.15, 0.2) is 30.3 Å². The zero-order valence-corrected chi connectivity index (χ0v) is 15.3. The van der Waals surface area contributed by atoms with Gasteiger partial charge in [-0.15, -0.1) is 0 Å². The fourth-order valence-electron chi connectivity index (χ4n) is 5.62. The predicted octanol–water partition coefficient (Wildman–Crippen LogP) is 4.80. The second kappa shape index (κ2) is 7.58. The summed E-state index contributed by atoms with van der Waals surface area (Å²) in [4.78, 5) is 5.68. The lowest BCUT2D eigenvalue weighted by Crippen LogP contribution is -2.54. The Balaban J connectivity index is 1.47. The van der Waals surface area contributed by atoms with E-state index in [1.165, 1.54) is 90.4 Å². The first kappa shape index (κ1) is 16.6. The lowest BCUT2D eigenvalue weighted by molar-refractivity contribution is 0.000775. The van der Waals surface area contributed by atoms with Crippen LogP contribution < -0.4 is 0 Å². The molecule has 2 nitrogen and oxygen atoms in total. The lowest BCUT2D eigenvalue weighted by atomic mass is 9.74. The largest absolute Gasteiger partial charge is 0.300 e. The van der Waals surface area contributed by atoms with Gasteiger partial charge in [0.05, 0.1) is 0 Å². The highest BCUT2D eigenvalue weighted by molar-refractivity contribution is 5.25. The van der Waals surface area contributed by atoms with E-state index in [1.807, 2.05) is 0 Å². The Bertz CT molecular complexity index is 492. The summed E-state index contributed by atoms with van der Waals surface area (Å²) < 4.78 is 0. The summed E-state index contributed by atoms with van der Waals surface area (Å²) in [5.41, 5.74) is 1.92. The number of hydrogen-bond donors (Lipinski definition) is 0. The second-order valence-corrected chi connectivity index (χ2v) is 8.27. The highest BCUT2D eigenvalue weighted by Crippen LogP contribution is 2.43. The van der Waals surface area contributed by atoms with Crippen molar-refractivity contribution in [2.75, 3.05) is 26.2 Å². The van der Waals surface area contributed by atoms with E-state index in [9.17, 15) is 0 Å². The smallest absolute Gasteiger partial charge is 0.0460 e. The van der Waals surface area contributed by atoms with Crippen LogP contribution in [-0.4, -0.2) is 42.0 Å². The molecule has 2 aliphatic heterocycles. The van der Waals surface area contributed by atoms with Crippen LogP contribution in [-0.2, 0) is 5.54 Å². The van der Waals surface area contributed by atoms with Crippen molar-refractivity contribution in [1.82, 2.24) is 9.80 Å². The first-order valence-corrected chi connectivity index (χ1v) is 10.4. The minimum atomic E-state index is 0.340. The average molecular weight is 327 g/mol. The zero-order valence-electron chi connectivity index (χ0n) is 15.3. The van der Waals surface area contributed by atoms with Gasteiger partial charge in [0.2, 0.25) is 0 Å². The minimum absolute atomic E-state index is 0.340. The van der Waals surface area contributed by atoms with Crippen LogP contribution in [0.3, 0.4) is 0 Å². The molecular formula is C22H34N2. The fraction of sp³-hybridized carbons (Fsp3) is 0.727. The Morgan fingerprint density at radius 2 is 1.33 bits per heavy atom. The molecule has 0 N–H and O–H groups in total. The van der Waals surface area contributed by atoms with Gasteiger partial charge in [0.15, 0.2) is 0 Å². The summed E-state index contributed by atoms with van der Waals surface area (Å²) in [7, 11) is 0. The van der Waals surface area contributed by atoms with Gasteiger partial charge >= 0.3 is 0 Å². The molecule has 1 aliphatic carbocycles. The zero-order chi connectivity index (χ0) is 16.2. The Morgan fingerprint density at radius 3 is 2.00 bits per heavy atom. The monoisotopic (exact) mass is 326 g/mol. The third-order valence-electron chi connectivity index (χ3n) is 6.97. The lowest BCUT2D eigenvalue weighted by Gasteiger charge is -2.51. The number of nitrogens with zero attached hydrogens (tertiary/aromatic N) is 2. The van der Waals surface area contributed by atoms with Crippen molar-refractivity contribution in [3.63, 3.8) is 0 Å². The van der Waals surface area contributed by atoms with Crippen molar-refractivity contribution in [3.05, 3.63) is 35.9 Å². The molecule has 1 saturated carbocycles. The molecule has 2 saturated heterocycles. The molecule has 4 rings (SSSR count). The maximum atomic E-state index is 2.88. The van der Waals surface area contributed by atoms with E-state index in [4.69, 9.17) is 0 Å². The van der Waals surface area contributed by atoms with E-state index in [0.717, 1.165) is 6.04 Å². The van der Waals surface area contributed by atoms with Crippen LogP contribution in [0.4, 0.5) is 0 Å². The van der Waals surface area contributed by atoms with Gasteiger partial charge in [-0.05, 0) is 57.2 Å². The maximum Gasteiger partial charge on any atom is 0.0460 e. The van der Waals surface area contributed by atoms with Crippen molar-refractivity contribution in [3.8, 4) is 0 Å². The van der Waals surface area contributed by atoms with E-state index in [-0.39, 0.29) is 0 Å². The molecule has 0 spiro atoms. The quantitative estimate of drug-likeness (QED) is 0.787. The molecule has 0 amide bonds. The summed E-state index contributed by atoms with van der Waals surface area (Å²) in [6, 6.07) is 12.3. The molecule has 1 aromatic rings. The Morgan fingerprint density at radius 1 is 0.708 bits per heavy atom. The first-order chi connectivity index (χ1) is 11.9. The topological polar surface area (TPSA) is 6.48 Å². The third kappa shape index (κ3) is 3.28. The normalized spacial score (nSPS) is 27.2. The molecule has 2 heteroatoms. The molecule has 3 aliphatic rings. The van der Waals surface area contributed by atoms with Crippen LogP contribution in [0.2, 0.25) is 0 Å². The molecule has 24 heavy (non-hydrogen) atoms. The Labute approximate surface area is 148 Å². The van der Waals surface area contributed by atoms with Crippen LogP contribution in [0.25, 0.3) is 0 Å². The predicted molar refractivity (Wildman–Crippen MR) is 101 cm³/mol. The molecule has 0 atom stereocenters. The number of benzene rings is 1. The fourth-order valence-corrected chi connectivity index (χ4v) is 5.62. The van der Waals surface area contributed by atoms with Gasteiger partial charge in [-0.3, -0.25) is 4.90 Å². The van der Waals surface area contributed by atoms with Crippen molar-refractivity contribution >= 4 is 0 Å². The molecule has 0 unspecified atom stereocenters. The van der Waals surface area contributed by atoms with Gasteiger partial charge in [0.25, 0.3) is 0 Å². The highest BCUT2D eigenvalue weighted by atomic mass is 15.2. The molecule has 0 bridgehead atoms. The van der Waals surface area contributed by atoms with Gasteiger partial charge in [-0.2, -0.15) is 0 Å². The van der Waals surface area contributed by atoms with E-state index in [0.29, 0.717) is 5.54 Å². The average Bonchev–Trinajstić information content (AvgIpc) is 2.70. The molecule has 1 aromatic carbocycles. The molecule has 0 radical (unpaired) electrons. The number of rotatable bonds is 3. The summed E-state index contributed by atoms with van der Waals surface area (Å²) >= 11 is 0. The van der Waals surface area contributed by atoms with Crippen LogP contribution >= 0.6 is 0 Å². The van der Waals surface area contributed by atoms with Gasteiger partial charge in [0.1, 0.15) is 0 Å². The molecule has 3 fully saturated rings. The molecular weight excluding hydrogens is 292 g/mol. The highest BCUT2D eigenvalue weighted by Gasteiger charge is 2.41. The summed E-state index contributed by atoms with van der Waals surface area (Å²) in [6.07, 6.45) is 14.0. The molecule has 132 valence electrons. The SMILES string of the molecule is c1ccc(C2(N3CCC(N4CCCCC4)CC3)CCCCC2)cc1. The van der Waals surface area contributed by atoms with Gasteiger partial charge in [0, 0.05) is 24.7 Å². The Hall–Kier alpha value is -0.860. The van der Waals surface area contributed by atoms with Gasteiger partial charge < -0.3 is 4.90 Å². The van der Waals surface area contributed by atoms with Gasteiger partial charge in [-0.1, -0.05) is 56.0 Å². The minimum Gasteiger partial charge on any atom is -0.300 e. The third-order valence-corrected chi connectivity index (χ3v) is 6.97. The van der Waals surface area contributed by atoms with Crippen molar-refractivity contribution in [2.24, 2.45) is 0 Å². The Kier molecular flexibility index (Phi) is 5.24.